The van der Waals surface area contributed by atoms with Gasteiger partial charge in [0.2, 0.25) is 5.91 Å². The first-order valence-corrected chi connectivity index (χ1v) is 10.8. The molecule has 8 heteroatoms. The zero-order valence-electron chi connectivity index (χ0n) is 16.7. The van der Waals surface area contributed by atoms with Gasteiger partial charge in [0.05, 0.1) is 27.4 Å². The normalized spacial score (nSPS) is 12.6. The number of hydrogen-bond donors (Lipinski definition) is 1. The number of imidazole rings is 1. The number of anilines is 1. The van der Waals surface area contributed by atoms with Gasteiger partial charge in [-0.1, -0.05) is 23.9 Å². The van der Waals surface area contributed by atoms with E-state index in [4.69, 9.17) is 9.47 Å². The highest BCUT2D eigenvalue weighted by molar-refractivity contribution is 7.99. The summed E-state index contributed by atoms with van der Waals surface area (Å²) in [6.07, 6.45) is 0. The van der Waals surface area contributed by atoms with Crippen LogP contribution in [-0.4, -0.2) is 34.3 Å². The van der Waals surface area contributed by atoms with E-state index in [0.717, 1.165) is 21.6 Å². The largest absolute Gasteiger partial charge is 0.486 e. The van der Waals surface area contributed by atoms with Crippen molar-refractivity contribution in [1.29, 1.82) is 5.26 Å². The predicted octanol–water partition coefficient (Wildman–Crippen LogP) is 4.17. The molecule has 31 heavy (non-hydrogen) atoms. The highest BCUT2D eigenvalue weighted by Gasteiger charge is 2.17. The number of nitrogens with one attached hydrogen (secondary N) is 1. The standard InChI is InChI=1S/C23H18N4O3S/c1-14-10-22(27-18-5-3-2-4-17(18)26-23(27)16(14)12-24)31-13-21(28)25-15-6-7-19-20(11-15)30-9-8-29-19/h2-7,10-11H,8-9,13H2,1H3,(H,25,28). The number of hydrogen-bond acceptors (Lipinski definition) is 6. The van der Waals surface area contributed by atoms with Crippen LogP contribution in [0.5, 0.6) is 11.5 Å². The first-order chi connectivity index (χ1) is 15.1. The minimum absolute atomic E-state index is 0.138. The van der Waals surface area contributed by atoms with E-state index in [1.807, 2.05) is 41.7 Å². The van der Waals surface area contributed by atoms with E-state index >= 15 is 0 Å². The van der Waals surface area contributed by atoms with Crippen LogP contribution in [0.1, 0.15) is 11.1 Å². The van der Waals surface area contributed by atoms with Gasteiger partial charge in [-0.05, 0) is 42.8 Å². The lowest BCUT2D eigenvalue weighted by Gasteiger charge is -2.19. The molecule has 0 saturated carbocycles. The Hall–Kier alpha value is -3.70. The van der Waals surface area contributed by atoms with Crippen molar-refractivity contribution in [3.63, 3.8) is 0 Å². The zero-order valence-corrected chi connectivity index (χ0v) is 17.5. The predicted molar refractivity (Wildman–Crippen MR) is 119 cm³/mol. The number of aromatic nitrogens is 2. The Labute approximate surface area is 182 Å². The molecule has 1 aliphatic heterocycles. The Bertz CT molecular complexity index is 1370. The minimum Gasteiger partial charge on any atom is -0.486 e. The number of thioether (sulfide) groups is 1. The number of pyridine rings is 1. The van der Waals surface area contributed by atoms with Crippen molar-refractivity contribution in [1.82, 2.24) is 9.38 Å². The number of benzene rings is 2. The topological polar surface area (TPSA) is 88.7 Å². The molecular formula is C23H18N4O3S. The second kappa shape index (κ2) is 7.85. The third-order valence-corrected chi connectivity index (χ3v) is 6.03. The van der Waals surface area contributed by atoms with Gasteiger partial charge in [0.1, 0.15) is 19.3 Å². The maximum atomic E-state index is 12.6. The molecule has 4 aromatic rings. The average Bonchev–Trinajstić information content (AvgIpc) is 3.17. The highest BCUT2D eigenvalue weighted by atomic mass is 32.2. The van der Waals surface area contributed by atoms with Crippen molar-refractivity contribution < 1.29 is 14.3 Å². The van der Waals surface area contributed by atoms with Crippen LogP contribution in [0.3, 0.4) is 0 Å². The van der Waals surface area contributed by atoms with E-state index in [-0.39, 0.29) is 11.7 Å². The first kappa shape index (κ1) is 19.3. The third-order valence-electron chi connectivity index (χ3n) is 5.03. The minimum atomic E-state index is -0.138. The molecule has 154 valence electrons. The van der Waals surface area contributed by atoms with Gasteiger partial charge in [0.15, 0.2) is 17.1 Å². The van der Waals surface area contributed by atoms with E-state index in [0.29, 0.717) is 41.6 Å². The van der Waals surface area contributed by atoms with E-state index < -0.39 is 0 Å². The van der Waals surface area contributed by atoms with Crippen molar-refractivity contribution in [2.75, 3.05) is 24.3 Å². The lowest BCUT2D eigenvalue weighted by Crippen LogP contribution is -2.17. The average molecular weight is 430 g/mol. The summed E-state index contributed by atoms with van der Waals surface area (Å²) in [5.74, 6) is 1.38. The maximum Gasteiger partial charge on any atom is 0.234 e. The quantitative estimate of drug-likeness (QED) is 0.489. The summed E-state index contributed by atoms with van der Waals surface area (Å²) in [5.41, 5.74) is 4.36. The van der Waals surface area contributed by atoms with Crippen molar-refractivity contribution in [2.24, 2.45) is 0 Å². The summed E-state index contributed by atoms with van der Waals surface area (Å²) in [6, 6.07) is 17.3. The van der Waals surface area contributed by atoms with Crippen molar-refractivity contribution in [2.45, 2.75) is 11.9 Å². The van der Waals surface area contributed by atoms with Crippen LogP contribution in [0.25, 0.3) is 16.7 Å². The summed E-state index contributed by atoms with van der Waals surface area (Å²) in [7, 11) is 0. The number of carbonyl (C=O) groups excluding carboxylic acids is 1. The molecule has 0 atom stereocenters. The monoisotopic (exact) mass is 430 g/mol. The molecule has 0 fully saturated rings. The van der Waals surface area contributed by atoms with Gasteiger partial charge in [-0.3, -0.25) is 9.20 Å². The molecule has 0 aliphatic carbocycles. The number of amides is 1. The molecule has 2 aromatic heterocycles. The summed E-state index contributed by atoms with van der Waals surface area (Å²) in [6.45, 7) is 2.90. The fraction of sp³-hybridized carbons (Fsp3) is 0.174. The van der Waals surface area contributed by atoms with Gasteiger partial charge < -0.3 is 14.8 Å². The van der Waals surface area contributed by atoms with Crippen LogP contribution in [0.2, 0.25) is 0 Å². The molecular weight excluding hydrogens is 412 g/mol. The number of nitrogens with zero attached hydrogens (tertiary/aromatic N) is 3. The number of para-hydroxylation sites is 2. The molecule has 0 saturated heterocycles. The molecule has 0 unspecified atom stereocenters. The molecule has 3 heterocycles. The molecule has 0 bridgehead atoms. The Morgan fingerprint density at radius 1 is 1.19 bits per heavy atom. The molecule has 7 nitrogen and oxygen atoms in total. The number of carbonyl (C=O) groups is 1. The van der Waals surface area contributed by atoms with E-state index in [2.05, 4.69) is 16.4 Å². The molecule has 5 rings (SSSR count). The molecule has 1 aliphatic rings. The number of nitriles is 1. The molecule has 1 N–H and O–H groups in total. The van der Waals surface area contributed by atoms with Gasteiger partial charge in [0, 0.05) is 11.8 Å². The number of ether oxygens (including phenoxy) is 2. The molecule has 1 amide bonds. The molecule has 0 radical (unpaired) electrons. The van der Waals surface area contributed by atoms with E-state index in [1.165, 1.54) is 11.8 Å². The van der Waals surface area contributed by atoms with Crippen molar-refractivity contribution in [3.05, 3.63) is 59.7 Å². The van der Waals surface area contributed by atoms with Crippen LogP contribution in [0.4, 0.5) is 5.69 Å². The Morgan fingerprint density at radius 2 is 2.00 bits per heavy atom. The summed E-state index contributed by atoms with van der Waals surface area (Å²) >= 11 is 1.40. The van der Waals surface area contributed by atoms with E-state index in [9.17, 15) is 10.1 Å². The fourth-order valence-electron chi connectivity index (χ4n) is 3.62. The fourth-order valence-corrected chi connectivity index (χ4v) is 4.54. The Kier molecular flexibility index (Phi) is 4.88. The smallest absolute Gasteiger partial charge is 0.234 e. The first-order valence-electron chi connectivity index (χ1n) is 9.77. The van der Waals surface area contributed by atoms with E-state index in [1.54, 1.807) is 18.2 Å². The van der Waals surface area contributed by atoms with Gasteiger partial charge in [-0.15, -0.1) is 0 Å². The second-order valence-corrected chi connectivity index (χ2v) is 8.10. The van der Waals surface area contributed by atoms with Gasteiger partial charge in [-0.2, -0.15) is 5.26 Å². The Morgan fingerprint density at radius 3 is 2.84 bits per heavy atom. The summed E-state index contributed by atoms with van der Waals surface area (Å²) < 4.78 is 13.0. The van der Waals surface area contributed by atoms with Crippen molar-refractivity contribution >= 4 is 40.0 Å². The van der Waals surface area contributed by atoms with Crippen molar-refractivity contribution in [3.8, 4) is 17.6 Å². The lowest BCUT2D eigenvalue weighted by molar-refractivity contribution is -0.113. The summed E-state index contributed by atoms with van der Waals surface area (Å²) in [5, 5.41) is 13.4. The SMILES string of the molecule is Cc1cc(SCC(=O)Nc2ccc3c(c2)OCCO3)n2c(nc3ccccc32)c1C#N. The third kappa shape index (κ3) is 3.53. The number of fused-ring (bicyclic) bond motifs is 4. The zero-order chi connectivity index (χ0) is 21.4. The maximum absolute atomic E-state index is 12.6. The van der Waals surface area contributed by atoms with Crippen LogP contribution in [0.15, 0.2) is 53.6 Å². The van der Waals surface area contributed by atoms with Crippen LogP contribution >= 0.6 is 11.8 Å². The molecule has 0 spiro atoms. The summed E-state index contributed by atoms with van der Waals surface area (Å²) in [4.78, 5) is 17.3. The van der Waals surface area contributed by atoms with Crippen LogP contribution < -0.4 is 14.8 Å². The van der Waals surface area contributed by atoms with Crippen LogP contribution in [-0.2, 0) is 4.79 Å². The number of rotatable bonds is 4. The van der Waals surface area contributed by atoms with Gasteiger partial charge in [-0.25, -0.2) is 4.98 Å². The van der Waals surface area contributed by atoms with Crippen LogP contribution in [0, 0.1) is 18.3 Å². The molecule has 2 aromatic carbocycles. The lowest BCUT2D eigenvalue weighted by atomic mass is 10.2. The second-order valence-electron chi connectivity index (χ2n) is 7.11. The Balaban J connectivity index is 1.41. The highest BCUT2D eigenvalue weighted by Crippen LogP contribution is 2.33. The number of aryl methyl sites for hydroxylation is 1. The van der Waals surface area contributed by atoms with Gasteiger partial charge in [0.25, 0.3) is 0 Å². The van der Waals surface area contributed by atoms with Gasteiger partial charge >= 0.3 is 0 Å².